The Hall–Kier alpha value is -2.21. The molecule has 0 unspecified atom stereocenters. The lowest BCUT2D eigenvalue weighted by Gasteiger charge is -2.02. The summed E-state index contributed by atoms with van der Waals surface area (Å²) in [6.45, 7) is 0. The van der Waals surface area contributed by atoms with Crippen molar-refractivity contribution in [1.29, 1.82) is 0 Å². The van der Waals surface area contributed by atoms with Gasteiger partial charge in [-0.05, 0) is 30.3 Å². The van der Waals surface area contributed by atoms with E-state index in [4.69, 9.17) is 0 Å². The fourth-order valence-electron chi connectivity index (χ4n) is 1.59. The van der Waals surface area contributed by atoms with Crippen molar-refractivity contribution in [2.75, 3.05) is 5.32 Å². The van der Waals surface area contributed by atoms with Crippen LogP contribution in [0.3, 0.4) is 0 Å². The second-order valence-electron chi connectivity index (χ2n) is 3.73. The molecule has 0 bridgehead atoms. The zero-order valence-corrected chi connectivity index (χ0v) is 9.92. The highest BCUT2D eigenvalue weighted by molar-refractivity contribution is 7.20. The molecule has 1 amide bonds. The number of carbonyl (C=O) groups excluding carboxylic acids is 1. The van der Waals surface area contributed by atoms with Gasteiger partial charge in [0, 0.05) is 11.1 Å². The lowest BCUT2D eigenvalue weighted by atomic mass is 10.3. The molecule has 2 aromatic heterocycles. The number of hydrogen-bond acceptors (Lipinski definition) is 3. The fraction of sp³-hybridized carbons (Fsp3) is 0. The lowest BCUT2D eigenvalue weighted by Crippen LogP contribution is -2.09. The molecule has 0 aliphatic carbocycles. The normalized spacial score (nSPS) is 10.7. The maximum atomic E-state index is 12.7. The Kier molecular flexibility index (Phi) is 2.56. The van der Waals surface area contributed by atoms with Gasteiger partial charge in [-0.25, -0.2) is 4.39 Å². The van der Waals surface area contributed by atoms with Crippen LogP contribution in [0.4, 0.5) is 10.1 Å². The van der Waals surface area contributed by atoms with Crippen molar-refractivity contribution in [3.63, 3.8) is 0 Å². The van der Waals surface area contributed by atoms with Gasteiger partial charge in [0.15, 0.2) is 0 Å². The molecule has 3 aromatic rings. The Morgan fingerprint density at radius 3 is 2.83 bits per heavy atom. The molecule has 18 heavy (non-hydrogen) atoms. The number of hydrogen-bond donors (Lipinski definition) is 2. The third-order valence-corrected chi connectivity index (χ3v) is 3.51. The summed E-state index contributed by atoms with van der Waals surface area (Å²) < 4.78 is 12.7. The van der Waals surface area contributed by atoms with Crippen LogP contribution < -0.4 is 5.32 Å². The first-order valence-electron chi connectivity index (χ1n) is 5.22. The Labute approximate surface area is 105 Å². The molecule has 4 nitrogen and oxygen atoms in total. The van der Waals surface area contributed by atoms with Gasteiger partial charge in [-0.2, -0.15) is 5.10 Å². The number of fused-ring (bicyclic) bond motifs is 1. The van der Waals surface area contributed by atoms with E-state index in [-0.39, 0.29) is 11.7 Å². The summed E-state index contributed by atoms with van der Waals surface area (Å²) in [5, 5.41) is 10.3. The third kappa shape index (κ3) is 1.98. The first-order valence-corrected chi connectivity index (χ1v) is 6.04. The minimum atomic E-state index is -0.330. The first kappa shape index (κ1) is 10.9. The molecule has 0 spiro atoms. The van der Waals surface area contributed by atoms with Gasteiger partial charge in [0.25, 0.3) is 5.91 Å². The molecule has 0 radical (unpaired) electrons. The molecule has 0 saturated carbocycles. The van der Waals surface area contributed by atoms with Crippen molar-refractivity contribution in [3.8, 4) is 0 Å². The van der Waals surface area contributed by atoms with Crippen molar-refractivity contribution in [2.45, 2.75) is 0 Å². The molecule has 2 N–H and O–H groups in total. The summed E-state index contributed by atoms with van der Waals surface area (Å²) in [4.78, 5) is 13.4. The van der Waals surface area contributed by atoms with Crippen LogP contribution in [-0.2, 0) is 0 Å². The average Bonchev–Trinajstić information content (AvgIpc) is 2.92. The topological polar surface area (TPSA) is 57.8 Å². The smallest absolute Gasteiger partial charge is 0.265 e. The van der Waals surface area contributed by atoms with Crippen molar-refractivity contribution in [1.82, 2.24) is 10.2 Å². The van der Waals surface area contributed by atoms with E-state index in [1.807, 2.05) is 0 Å². The standard InChI is InChI=1S/C12H8FN3OS/c13-8-1-3-9(4-2-8)15-11(17)10-5-7-6-14-16-12(7)18-10/h1-6H,(H,14,16)(H,15,17). The Morgan fingerprint density at radius 1 is 1.33 bits per heavy atom. The van der Waals surface area contributed by atoms with Crippen LogP contribution in [0, 0.1) is 5.82 Å². The van der Waals surface area contributed by atoms with E-state index in [0.29, 0.717) is 10.6 Å². The van der Waals surface area contributed by atoms with E-state index in [1.165, 1.54) is 35.6 Å². The highest BCUT2D eigenvalue weighted by Crippen LogP contribution is 2.23. The Balaban J connectivity index is 1.82. The van der Waals surface area contributed by atoms with E-state index in [2.05, 4.69) is 15.5 Å². The molecule has 0 fully saturated rings. The predicted molar refractivity (Wildman–Crippen MR) is 68.3 cm³/mol. The van der Waals surface area contributed by atoms with Crippen molar-refractivity contribution >= 4 is 33.1 Å². The highest BCUT2D eigenvalue weighted by atomic mass is 32.1. The van der Waals surface area contributed by atoms with E-state index in [9.17, 15) is 9.18 Å². The van der Waals surface area contributed by atoms with Crippen LogP contribution in [0.5, 0.6) is 0 Å². The molecule has 3 rings (SSSR count). The molecule has 6 heteroatoms. The van der Waals surface area contributed by atoms with Crippen LogP contribution in [0.2, 0.25) is 0 Å². The van der Waals surface area contributed by atoms with Crippen LogP contribution in [0.15, 0.2) is 36.5 Å². The maximum Gasteiger partial charge on any atom is 0.265 e. The summed E-state index contributed by atoms with van der Waals surface area (Å²) in [7, 11) is 0. The molecule has 0 atom stereocenters. The maximum absolute atomic E-state index is 12.7. The Morgan fingerprint density at radius 2 is 2.11 bits per heavy atom. The quantitative estimate of drug-likeness (QED) is 0.745. The average molecular weight is 261 g/mol. The molecule has 0 aliphatic heterocycles. The summed E-state index contributed by atoms with van der Waals surface area (Å²) in [5.74, 6) is -0.542. The number of anilines is 1. The number of nitrogens with one attached hydrogen (secondary N) is 2. The van der Waals surface area contributed by atoms with Gasteiger partial charge in [-0.1, -0.05) is 0 Å². The van der Waals surface area contributed by atoms with Gasteiger partial charge in [-0.15, -0.1) is 11.3 Å². The number of halogens is 1. The fourth-order valence-corrected chi connectivity index (χ4v) is 2.46. The number of amides is 1. The minimum absolute atomic E-state index is 0.212. The van der Waals surface area contributed by atoms with Crippen molar-refractivity contribution in [3.05, 3.63) is 47.2 Å². The number of H-pyrrole nitrogens is 1. The molecule has 2 heterocycles. The molecule has 1 aromatic carbocycles. The number of aromatic nitrogens is 2. The third-order valence-electron chi connectivity index (χ3n) is 2.46. The predicted octanol–water partition coefficient (Wildman–Crippen LogP) is 3.02. The number of carbonyl (C=O) groups is 1. The summed E-state index contributed by atoms with van der Waals surface area (Å²) in [6, 6.07) is 7.42. The van der Waals surface area contributed by atoms with Gasteiger partial charge in [-0.3, -0.25) is 9.89 Å². The number of benzene rings is 1. The van der Waals surface area contributed by atoms with Crippen LogP contribution in [0.25, 0.3) is 10.2 Å². The minimum Gasteiger partial charge on any atom is -0.321 e. The largest absolute Gasteiger partial charge is 0.321 e. The van der Waals surface area contributed by atoms with Crippen LogP contribution >= 0.6 is 11.3 Å². The molecule has 0 saturated heterocycles. The van der Waals surface area contributed by atoms with Crippen LogP contribution in [0.1, 0.15) is 9.67 Å². The van der Waals surface area contributed by atoms with Gasteiger partial charge in [0.1, 0.15) is 10.6 Å². The summed E-state index contributed by atoms with van der Waals surface area (Å²) in [6.07, 6.45) is 1.67. The van der Waals surface area contributed by atoms with Gasteiger partial charge < -0.3 is 5.32 Å². The lowest BCUT2D eigenvalue weighted by molar-refractivity contribution is 0.103. The van der Waals surface area contributed by atoms with Crippen LogP contribution in [-0.4, -0.2) is 16.1 Å². The monoisotopic (exact) mass is 261 g/mol. The van der Waals surface area contributed by atoms with Gasteiger partial charge >= 0.3 is 0 Å². The molecule has 90 valence electrons. The second-order valence-corrected chi connectivity index (χ2v) is 4.78. The van der Waals surface area contributed by atoms with Gasteiger partial charge in [0.05, 0.1) is 11.1 Å². The molecular formula is C12H8FN3OS. The Bertz CT molecular complexity index is 673. The van der Waals surface area contributed by atoms with Gasteiger partial charge in [0.2, 0.25) is 0 Å². The van der Waals surface area contributed by atoms with E-state index in [0.717, 1.165) is 10.2 Å². The first-order chi connectivity index (χ1) is 8.72. The van der Waals surface area contributed by atoms with Crippen molar-refractivity contribution < 1.29 is 9.18 Å². The molecular weight excluding hydrogens is 253 g/mol. The van der Waals surface area contributed by atoms with E-state index < -0.39 is 0 Å². The number of nitrogens with zero attached hydrogens (tertiary/aromatic N) is 1. The number of rotatable bonds is 2. The number of aromatic amines is 1. The summed E-state index contributed by atoms with van der Waals surface area (Å²) >= 11 is 1.33. The SMILES string of the molecule is O=C(Nc1ccc(F)cc1)c1cc2cn[nH]c2s1. The second kappa shape index (κ2) is 4.23. The summed E-state index contributed by atoms with van der Waals surface area (Å²) in [5.41, 5.74) is 0.566. The van der Waals surface area contributed by atoms with E-state index >= 15 is 0 Å². The zero-order chi connectivity index (χ0) is 12.5. The number of thiophene rings is 1. The van der Waals surface area contributed by atoms with Crippen molar-refractivity contribution in [2.24, 2.45) is 0 Å². The molecule has 0 aliphatic rings. The van der Waals surface area contributed by atoms with E-state index in [1.54, 1.807) is 12.3 Å². The zero-order valence-electron chi connectivity index (χ0n) is 9.11. The highest BCUT2D eigenvalue weighted by Gasteiger charge is 2.11.